The van der Waals surface area contributed by atoms with Gasteiger partial charge in [0, 0.05) is 69.5 Å². The van der Waals surface area contributed by atoms with Gasteiger partial charge in [0.2, 0.25) is 5.91 Å². The summed E-state index contributed by atoms with van der Waals surface area (Å²) in [5.74, 6) is 2.67. The van der Waals surface area contributed by atoms with E-state index in [0.717, 1.165) is 68.6 Å². The molecule has 33 heavy (non-hydrogen) atoms. The molecule has 9 nitrogen and oxygen atoms in total. The van der Waals surface area contributed by atoms with Crippen LogP contribution in [-0.4, -0.2) is 76.9 Å². The Morgan fingerprint density at radius 3 is 2.64 bits per heavy atom. The number of nitrogens with zero attached hydrogens (tertiary/aromatic N) is 7. The van der Waals surface area contributed by atoms with Gasteiger partial charge in [0.1, 0.15) is 17.9 Å². The fraction of sp³-hybridized carbons (Fsp3) is 0.417. The minimum atomic E-state index is -0.00904. The van der Waals surface area contributed by atoms with Crippen molar-refractivity contribution in [3.8, 4) is 11.6 Å². The number of rotatable bonds is 5. The summed E-state index contributed by atoms with van der Waals surface area (Å²) in [6.07, 6.45) is 7.05. The molecule has 1 atom stereocenters. The van der Waals surface area contributed by atoms with E-state index in [1.807, 2.05) is 35.4 Å². The zero-order valence-corrected chi connectivity index (χ0v) is 18.9. The van der Waals surface area contributed by atoms with Gasteiger partial charge < -0.3 is 19.4 Å². The molecule has 0 radical (unpaired) electrons. The Balaban J connectivity index is 1.21. The number of hydrogen-bond donors (Lipinski definition) is 0. The molecular formula is C24H29N7O2. The molecule has 2 aliphatic heterocycles. The molecule has 2 aliphatic rings. The number of carbonyl (C=O) groups excluding carboxylic acids is 1. The quantitative estimate of drug-likeness (QED) is 0.593. The van der Waals surface area contributed by atoms with Crippen LogP contribution < -0.4 is 14.5 Å². The van der Waals surface area contributed by atoms with E-state index in [2.05, 4.69) is 37.0 Å². The Morgan fingerprint density at radius 2 is 1.85 bits per heavy atom. The van der Waals surface area contributed by atoms with Crippen molar-refractivity contribution in [3.63, 3.8) is 0 Å². The van der Waals surface area contributed by atoms with Gasteiger partial charge in [0.05, 0.1) is 13.0 Å². The lowest BCUT2D eigenvalue weighted by Gasteiger charge is -2.40. The molecule has 5 rings (SSSR count). The molecule has 2 aromatic heterocycles. The van der Waals surface area contributed by atoms with E-state index in [9.17, 15) is 4.79 Å². The molecule has 2 saturated heterocycles. The van der Waals surface area contributed by atoms with Gasteiger partial charge in [-0.05, 0) is 31.0 Å². The lowest BCUT2D eigenvalue weighted by Crippen LogP contribution is -2.52. The topological polar surface area (TPSA) is 79.6 Å². The van der Waals surface area contributed by atoms with Crippen LogP contribution in [0.25, 0.3) is 5.82 Å². The molecule has 0 saturated carbocycles. The fourth-order valence-electron chi connectivity index (χ4n) is 4.68. The number of aromatic nitrogens is 4. The second kappa shape index (κ2) is 9.48. The van der Waals surface area contributed by atoms with Crippen LogP contribution in [0.15, 0.2) is 55.1 Å². The average molecular weight is 448 g/mol. The third kappa shape index (κ3) is 4.62. The molecule has 0 aliphatic carbocycles. The van der Waals surface area contributed by atoms with Gasteiger partial charge in [-0.3, -0.25) is 4.79 Å². The van der Waals surface area contributed by atoms with E-state index >= 15 is 0 Å². The minimum Gasteiger partial charge on any atom is -0.497 e. The van der Waals surface area contributed by atoms with Gasteiger partial charge in [-0.2, -0.15) is 5.10 Å². The number of piperazine rings is 1. The van der Waals surface area contributed by atoms with Crippen molar-refractivity contribution in [2.75, 3.05) is 56.2 Å². The highest BCUT2D eigenvalue weighted by molar-refractivity contribution is 5.80. The van der Waals surface area contributed by atoms with E-state index in [-0.39, 0.29) is 11.8 Å². The number of carbonyl (C=O) groups is 1. The Morgan fingerprint density at radius 1 is 1.00 bits per heavy atom. The SMILES string of the molecule is COc1cccc(N2CCN(C(=O)C3CCCN(c4cc(-n5cccn5)ncn4)C3)CC2)c1. The van der Waals surface area contributed by atoms with Crippen LogP contribution in [0.4, 0.5) is 11.5 Å². The average Bonchev–Trinajstić information content (AvgIpc) is 3.44. The number of anilines is 2. The molecular weight excluding hydrogens is 418 g/mol. The molecule has 0 N–H and O–H groups in total. The van der Waals surface area contributed by atoms with Crippen LogP contribution in [-0.2, 0) is 4.79 Å². The van der Waals surface area contributed by atoms with Crippen molar-refractivity contribution in [1.29, 1.82) is 0 Å². The summed E-state index contributed by atoms with van der Waals surface area (Å²) in [7, 11) is 1.68. The number of benzene rings is 1. The zero-order chi connectivity index (χ0) is 22.6. The molecule has 1 aromatic carbocycles. The summed E-state index contributed by atoms with van der Waals surface area (Å²) in [6, 6.07) is 11.9. The number of ether oxygens (including phenoxy) is 1. The highest BCUT2D eigenvalue weighted by Gasteiger charge is 2.31. The molecule has 3 aromatic rings. The first-order valence-electron chi connectivity index (χ1n) is 11.5. The Bertz CT molecular complexity index is 1080. The second-order valence-corrected chi connectivity index (χ2v) is 8.48. The number of piperidine rings is 1. The van der Waals surface area contributed by atoms with E-state index in [0.29, 0.717) is 6.54 Å². The van der Waals surface area contributed by atoms with Gasteiger partial charge >= 0.3 is 0 Å². The number of methoxy groups -OCH3 is 1. The summed E-state index contributed by atoms with van der Waals surface area (Å²) >= 11 is 0. The maximum atomic E-state index is 13.3. The van der Waals surface area contributed by atoms with Crippen LogP contribution in [0.1, 0.15) is 12.8 Å². The van der Waals surface area contributed by atoms with E-state index in [1.165, 1.54) is 0 Å². The summed E-state index contributed by atoms with van der Waals surface area (Å²) in [5.41, 5.74) is 1.14. The predicted octanol–water partition coefficient (Wildman–Crippen LogP) is 2.24. The van der Waals surface area contributed by atoms with Gasteiger partial charge in [-0.1, -0.05) is 6.07 Å². The predicted molar refractivity (Wildman–Crippen MR) is 126 cm³/mol. The Hall–Kier alpha value is -3.62. The van der Waals surface area contributed by atoms with E-state index in [1.54, 1.807) is 24.3 Å². The van der Waals surface area contributed by atoms with E-state index in [4.69, 9.17) is 4.74 Å². The van der Waals surface area contributed by atoms with Crippen LogP contribution >= 0.6 is 0 Å². The van der Waals surface area contributed by atoms with Gasteiger partial charge in [-0.25, -0.2) is 14.6 Å². The molecule has 4 heterocycles. The summed E-state index contributed by atoms with van der Waals surface area (Å²) in [4.78, 5) is 28.7. The van der Waals surface area contributed by atoms with Crippen molar-refractivity contribution in [1.82, 2.24) is 24.6 Å². The van der Waals surface area contributed by atoms with Gasteiger partial charge in [0.25, 0.3) is 0 Å². The maximum Gasteiger partial charge on any atom is 0.227 e. The molecule has 1 amide bonds. The van der Waals surface area contributed by atoms with Crippen molar-refractivity contribution in [2.24, 2.45) is 5.92 Å². The highest BCUT2D eigenvalue weighted by Crippen LogP contribution is 2.26. The molecule has 0 spiro atoms. The number of amides is 1. The Labute approximate surface area is 193 Å². The largest absolute Gasteiger partial charge is 0.497 e. The molecule has 9 heteroatoms. The molecule has 0 bridgehead atoms. The first kappa shape index (κ1) is 21.2. The maximum absolute atomic E-state index is 13.3. The van der Waals surface area contributed by atoms with Gasteiger partial charge in [-0.15, -0.1) is 0 Å². The molecule has 1 unspecified atom stereocenters. The van der Waals surface area contributed by atoms with Crippen LogP contribution in [0.3, 0.4) is 0 Å². The molecule has 2 fully saturated rings. The summed E-state index contributed by atoms with van der Waals surface area (Å²) in [6.45, 7) is 4.71. The second-order valence-electron chi connectivity index (χ2n) is 8.48. The third-order valence-electron chi connectivity index (χ3n) is 6.48. The standard InChI is InChI=1S/C24H29N7O2/c1-33-21-7-2-6-20(15-21)28-11-13-29(14-12-28)24(32)19-5-3-9-30(17-19)22-16-23(26-18-25-22)31-10-4-8-27-31/h2,4,6-8,10,15-16,18-19H,3,5,9,11-14,17H2,1H3. The van der Waals surface area contributed by atoms with Crippen molar-refractivity contribution < 1.29 is 9.53 Å². The van der Waals surface area contributed by atoms with Crippen molar-refractivity contribution in [3.05, 3.63) is 55.1 Å². The summed E-state index contributed by atoms with van der Waals surface area (Å²) in [5, 5.41) is 4.25. The van der Waals surface area contributed by atoms with Gasteiger partial charge in [0.15, 0.2) is 5.82 Å². The minimum absolute atomic E-state index is 0.00904. The molecule has 172 valence electrons. The van der Waals surface area contributed by atoms with Crippen molar-refractivity contribution in [2.45, 2.75) is 12.8 Å². The van der Waals surface area contributed by atoms with Crippen LogP contribution in [0.5, 0.6) is 5.75 Å². The monoisotopic (exact) mass is 447 g/mol. The Kier molecular flexibility index (Phi) is 6.10. The normalized spacial score (nSPS) is 18.9. The first-order chi connectivity index (χ1) is 16.2. The smallest absolute Gasteiger partial charge is 0.227 e. The van der Waals surface area contributed by atoms with E-state index < -0.39 is 0 Å². The summed E-state index contributed by atoms with van der Waals surface area (Å²) < 4.78 is 7.07. The number of hydrogen-bond acceptors (Lipinski definition) is 7. The van der Waals surface area contributed by atoms with Crippen LogP contribution in [0.2, 0.25) is 0 Å². The zero-order valence-electron chi connectivity index (χ0n) is 18.9. The fourth-order valence-corrected chi connectivity index (χ4v) is 4.68. The van der Waals surface area contributed by atoms with Crippen molar-refractivity contribution >= 4 is 17.4 Å². The van der Waals surface area contributed by atoms with Crippen LogP contribution in [0, 0.1) is 5.92 Å². The third-order valence-corrected chi connectivity index (χ3v) is 6.48. The first-order valence-corrected chi connectivity index (χ1v) is 11.5. The highest BCUT2D eigenvalue weighted by atomic mass is 16.5. The lowest BCUT2D eigenvalue weighted by molar-refractivity contribution is -0.136. The lowest BCUT2D eigenvalue weighted by atomic mass is 9.96.